The number of benzene rings is 1. The number of carbonyl (C=O) groups excluding carboxylic acids is 2. The Bertz CT molecular complexity index is 876. The zero-order valence-corrected chi connectivity index (χ0v) is 16.6. The highest BCUT2D eigenvalue weighted by molar-refractivity contribution is 6.32. The van der Waals surface area contributed by atoms with Crippen LogP contribution in [0.15, 0.2) is 18.2 Å². The minimum Gasteiger partial charge on any atom is -0.452 e. The van der Waals surface area contributed by atoms with E-state index in [2.05, 4.69) is 28.6 Å². The van der Waals surface area contributed by atoms with Gasteiger partial charge in [0.2, 0.25) is 0 Å². The van der Waals surface area contributed by atoms with E-state index in [-0.39, 0.29) is 29.3 Å². The lowest BCUT2D eigenvalue weighted by molar-refractivity contribution is -0.124. The Morgan fingerprint density at radius 3 is 2.67 bits per heavy atom. The molecule has 0 aliphatic heterocycles. The molecule has 1 atom stereocenters. The molecular formula is C20H24ClN3O3. The first-order valence-corrected chi connectivity index (χ1v) is 9.52. The molecule has 1 aromatic heterocycles. The van der Waals surface area contributed by atoms with Crippen molar-refractivity contribution < 1.29 is 14.3 Å². The predicted molar refractivity (Wildman–Crippen MR) is 103 cm³/mol. The van der Waals surface area contributed by atoms with E-state index in [0.717, 1.165) is 18.4 Å². The standard InChI is InChI=1S/C20H24ClN3O3/c1-12(15-9-8-14-6-4-5-7-16(14)10-15)22-17(25)11-27-20(26)18-13(2)23-24(3)19(18)21/h8-10,12H,4-7,11H2,1-3H3,(H,22,25)/t12-/m0/s1. The first kappa shape index (κ1) is 19.4. The number of hydrogen-bond acceptors (Lipinski definition) is 4. The molecule has 27 heavy (non-hydrogen) atoms. The second-order valence-electron chi connectivity index (χ2n) is 6.98. The average Bonchev–Trinajstić information content (AvgIpc) is 2.91. The molecule has 0 saturated carbocycles. The molecule has 1 aliphatic rings. The minimum atomic E-state index is -0.651. The summed E-state index contributed by atoms with van der Waals surface area (Å²) >= 11 is 6.05. The first-order chi connectivity index (χ1) is 12.9. The van der Waals surface area contributed by atoms with Crippen molar-refractivity contribution >= 4 is 23.5 Å². The van der Waals surface area contributed by atoms with E-state index < -0.39 is 5.97 Å². The quantitative estimate of drug-likeness (QED) is 0.796. The van der Waals surface area contributed by atoms with Crippen LogP contribution in [-0.4, -0.2) is 28.3 Å². The molecule has 1 aromatic carbocycles. The summed E-state index contributed by atoms with van der Waals surface area (Å²) in [6.45, 7) is 3.23. The molecule has 144 valence electrons. The van der Waals surface area contributed by atoms with Crippen molar-refractivity contribution in [2.45, 2.75) is 45.6 Å². The van der Waals surface area contributed by atoms with Gasteiger partial charge in [0.25, 0.3) is 5.91 Å². The molecule has 3 rings (SSSR count). The molecular weight excluding hydrogens is 366 g/mol. The number of esters is 1. The number of rotatable bonds is 5. The van der Waals surface area contributed by atoms with Crippen molar-refractivity contribution in [3.05, 3.63) is 51.3 Å². The normalized spacial score (nSPS) is 14.4. The van der Waals surface area contributed by atoms with Crippen LogP contribution in [0, 0.1) is 6.92 Å². The van der Waals surface area contributed by atoms with Crippen LogP contribution >= 0.6 is 11.6 Å². The highest BCUT2D eigenvalue weighted by Crippen LogP contribution is 2.25. The molecule has 0 spiro atoms. The second-order valence-corrected chi connectivity index (χ2v) is 7.33. The molecule has 0 unspecified atom stereocenters. The summed E-state index contributed by atoms with van der Waals surface area (Å²) in [5.41, 5.74) is 4.49. The van der Waals surface area contributed by atoms with Crippen molar-refractivity contribution in [3.8, 4) is 0 Å². The van der Waals surface area contributed by atoms with E-state index in [1.807, 2.05) is 6.92 Å². The van der Waals surface area contributed by atoms with E-state index in [9.17, 15) is 9.59 Å². The third-order valence-electron chi connectivity index (χ3n) is 4.94. The average molecular weight is 390 g/mol. The van der Waals surface area contributed by atoms with Crippen LogP contribution in [0.1, 0.15) is 58.5 Å². The lowest BCUT2D eigenvalue weighted by atomic mass is 9.89. The number of nitrogens with zero attached hydrogens (tertiary/aromatic N) is 2. The Morgan fingerprint density at radius 2 is 2.00 bits per heavy atom. The first-order valence-electron chi connectivity index (χ1n) is 9.14. The van der Waals surface area contributed by atoms with Gasteiger partial charge in [0.15, 0.2) is 6.61 Å². The number of nitrogens with one attached hydrogen (secondary N) is 1. The van der Waals surface area contributed by atoms with Crippen LogP contribution in [0.2, 0.25) is 5.15 Å². The largest absolute Gasteiger partial charge is 0.452 e. The number of fused-ring (bicyclic) bond motifs is 1. The van der Waals surface area contributed by atoms with Crippen molar-refractivity contribution in [2.24, 2.45) is 7.05 Å². The Morgan fingerprint density at radius 1 is 1.30 bits per heavy atom. The van der Waals surface area contributed by atoms with Gasteiger partial charge in [-0.2, -0.15) is 5.10 Å². The summed E-state index contributed by atoms with van der Waals surface area (Å²) in [5.74, 6) is -1.01. The molecule has 0 fully saturated rings. The van der Waals surface area contributed by atoms with Crippen molar-refractivity contribution in [1.29, 1.82) is 0 Å². The van der Waals surface area contributed by atoms with Gasteiger partial charge >= 0.3 is 5.97 Å². The topological polar surface area (TPSA) is 73.2 Å². The molecule has 0 radical (unpaired) electrons. The highest BCUT2D eigenvalue weighted by atomic mass is 35.5. The fraction of sp³-hybridized carbons (Fsp3) is 0.450. The number of halogens is 1. The second kappa shape index (κ2) is 8.13. The van der Waals surface area contributed by atoms with Crippen LogP contribution in [0.3, 0.4) is 0 Å². The van der Waals surface area contributed by atoms with Crippen molar-refractivity contribution in [1.82, 2.24) is 15.1 Å². The third-order valence-corrected chi connectivity index (χ3v) is 5.37. The van der Waals surface area contributed by atoms with Gasteiger partial charge in [-0.15, -0.1) is 0 Å². The third kappa shape index (κ3) is 4.33. The summed E-state index contributed by atoms with van der Waals surface area (Å²) in [7, 11) is 1.64. The fourth-order valence-corrected chi connectivity index (χ4v) is 3.71. The van der Waals surface area contributed by atoms with Gasteiger partial charge in [0.05, 0.1) is 11.7 Å². The molecule has 7 heteroatoms. The number of carbonyl (C=O) groups is 2. The number of aryl methyl sites for hydroxylation is 4. The van der Waals surface area contributed by atoms with E-state index >= 15 is 0 Å². The summed E-state index contributed by atoms with van der Waals surface area (Å²) in [6.07, 6.45) is 4.67. The highest BCUT2D eigenvalue weighted by Gasteiger charge is 2.21. The Kier molecular flexibility index (Phi) is 5.85. The monoisotopic (exact) mass is 389 g/mol. The summed E-state index contributed by atoms with van der Waals surface area (Å²) in [6, 6.07) is 6.22. The molecule has 1 heterocycles. The van der Waals surface area contributed by atoms with Crippen LogP contribution < -0.4 is 5.32 Å². The minimum absolute atomic E-state index is 0.160. The lowest BCUT2D eigenvalue weighted by Gasteiger charge is -2.20. The van der Waals surface area contributed by atoms with Gasteiger partial charge in [0, 0.05) is 7.05 Å². The molecule has 1 N–H and O–H groups in total. The number of hydrogen-bond donors (Lipinski definition) is 1. The fourth-order valence-electron chi connectivity index (χ4n) is 3.45. The van der Waals surface area contributed by atoms with E-state index in [1.54, 1.807) is 14.0 Å². The molecule has 1 aliphatic carbocycles. The van der Waals surface area contributed by atoms with Gasteiger partial charge in [-0.25, -0.2) is 4.79 Å². The predicted octanol–water partition coefficient (Wildman–Crippen LogP) is 3.29. The van der Waals surface area contributed by atoms with Crippen molar-refractivity contribution in [2.75, 3.05) is 6.61 Å². The van der Waals surface area contributed by atoms with E-state index in [4.69, 9.17) is 16.3 Å². The van der Waals surface area contributed by atoms with Gasteiger partial charge in [0.1, 0.15) is 10.7 Å². The summed E-state index contributed by atoms with van der Waals surface area (Å²) in [5, 5.41) is 7.13. The number of ether oxygens (including phenoxy) is 1. The molecule has 0 saturated heterocycles. The maximum atomic E-state index is 12.2. The van der Waals surface area contributed by atoms with E-state index in [0.29, 0.717) is 5.69 Å². The molecule has 2 aromatic rings. The Balaban J connectivity index is 1.56. The van der Waals surface area contributed by atoms with Crippen LogP contribution in [0.5, 0.6) is 0 Å². The van der Waals surface area contributed by atoms with Crippen LogP contribution in [-0.2, 0) is 29.4 Å². The Labute approximate surface area is 163 Å². The van der Waals surface area contributed by atoms with Crippen LogP contribution in [0.25, 0.3) is 0 Å². The molecule has 6 nitrogen and oxygen atoms in total. The van der Waals surface area contributed by atoms with Gasteiger partial charge < -0.3 is 10.1 Å². The van der Waals surface area contributed by atoms with Gasteiger partial charge in [-0.05, 0) is 56.2 Å². The zero-order chi connectivity index (χ0) is 19.6. The smallest absolute Gasteiger partial charge is 0.343 e. The van der Waals surface area contributed by atoms with Crippen molar-refractivity contribution in [3.63, 3.8) is 0 Å². The van der Waals surface area contributed by atoms with Gasteiger partial charge in [-0.3, -0.25) is 9.48 Å². The summed E-state index contributed by atoms with van der Waals surface area (Å²) < 4.78 is 6.50. The lowest BCUT2D eigenvalue weighted by Crippen LogP contribution is -2.31. The van der Waals surface area contributed by atoms with Crippen LogP contribution in [0.4, 0.5) is 0 Å². The van der Waals surface area contributed by atoms with Gasteiger partial charge in [-0.1, -0.05) is 29.8 Å². The number of amides is 1. The summed E-state index contributed by atoms with van der Waals surface area (Å²) in [4.78, 5) is 24.4. The van der Waals surface area contributed by atoms with E-state index in [1.165, 1.54) is 28.7 Å². The maximum Gasteiger partial charge on any atom is 0.343 e. The maximum absolute atomic E-state index is 12.2. The molecule has 0 bridgehead atoms. The SMILES string of the molecule is Cc1nn(C)c(Cl)c1C(=O)OCC(=O)N[C@@H](C)c1ccc2c(c1)CCCC2. The number of aromatic nitrogens is 2. The zero-order valence-electron chi connectivity index (χ0n) is 15.8. The Hall–Kier alpha value is -2.34. The molecule has 1 amide bonds.